The van der Waals surface area contributed by atoms with Gasteiger partial charge >= 0.3 is 0 Å². The maximum atomic E-state index is 5.50. The lowest BCUT2D eigenvalue weighted by Crippen LogP contribution is -2.17. The third kappa shape index (κ3) is 1.89. The Morgan fingerprint density at radius 1 is 1.75 bits per heavy atom. The van der Waals surface area contributed by atoms with Gasteiger partial charge in [-0.3, -0.25) is 0 Å². The normalized spacial score (nSPS) is 9.00. The number of nitrogen functional groups attached to an aromatic ring is 1. The van der Waals surface area contributed by atoms with Crippen LogP contribution in [0.4, 0.5) is 11.5 Å². The second kappa shape index (κ2) is 3.63. The van der Waals surface area contributed by atoms with Crippen LogP contribution in [0.1, 0.15) is 0 Å². The first-order valence-corrected chi connectivity index (χ1v) is 3.60. The van der Waals surface area contributed by atoms with Gasteiger partial charge in [0.1, 0.15) is 5.82 Å². The Labute approximate surface area is 72.2 Å². The zero-order chi connectivity index (χ0) is 8.97. The maximum Gasteiger partial charge on any atom is 0.125 e. The van der Waals surface area contributed by atoms with Crippen molar-refractivity contribution in [3.8, 4) is 12.3 Å². The molecule has 0 saturated carbocycles. The molecule has 1 aromatic heterocycles. The van der Waals surface area contributed by atoms with Crippen molar-refractivity contribution in [3.63, 3.8) is 0 Å². The molecule has 0 bridgehead atoms. The van der Waals surface area contributed by atoms with E-state index in [1.165, 1.54) is 0 Å². The predicted octanol–water partition coefficient (Wildman–Crippen LogP) is 0.733. The Balaban J connectivity index is 2.82. The first-order chi connectivity index (χ1) is 5.74. The molecule has 0 amide bonds. The van der Waals surface area contributed by atoms with Crippen molar-refractivity contribution in [2.75, 3.05) is 24.2 Å². The highest BCUT2D eigenvalue weighted by molar-refractivity contribution is 5.52. The van der Waals surface area contributed by atoms with Gasteiger partial charge < -0.3 is 10.6 Å². The average molecular weight is 161 g/mol. The topological polar surface area (TPSA) is 42.2 Å². The SMILES string of the molecule is C#CCN(C)c1ccnc(N)c1. The van der Waals surface area contributed by atoms with Crippen LogP contribution in [-0.4, -0.2) is 18.6 Å². The summed E-state index contributed by atoms with van der Waals surface area (Å²) in [4.78, 5) is 5.81. The summed E-state index contributed by atoms with van der Waals surface area (Å²) in [6, 6.07) is 3.66. The van der Waals surface area contributed by atoms with Crippen molar-refractivity contribution < 1.29 is 0 Å². The lowest BCUT2D eigenvalue weighted by Gasteiger charge is -2.15. The van der Waals surface area contributed by atoms with E-state index in [1.54, 1.807) is 12.3 Å². The molecule has 0 aromatic carbocycles. The van der Waals surface area contributed by atoms with Gasteiger partial charge in [0.25, 0.3) is 0 Å². The Bertz CT molecular complexity index is 301. The van der Waals surface area contributed by atoms with Gasteiger partial charge in [-0.25, -0.2) is 4.98 Å². The van der Waals surface area contributed by atoms with E-state index < -0.39 is 0 Å². The molecule has 2 N–H and O–H groups in total. The Morgan fingerprint density at radius 2 is 2.50 bits per heavy atom. The van der Waals surface area contributed by atoms with Gasteiger partial charge in [0.2, 0.25) is 0 Å². The van der Waals surface area contributed by atoms with E-state index in [2.05, 4.69) is 10.9 Å². The number of pyridine rings is 1. The number of nitrogens with two attached hydrogens (primary N) is 1. The van der Waals surface area contributed by atoms with Crippen LogP contribution in [0.5, 0.6) is 0 Å². The zero-order valence-corrected chi connectivity index (χ0v) is 6.99. The second-order valence-electron chi connectivity index (χ2n) is 2.50. The molecule has 62 valence electrons. The second-order valence-corrected chi connectivity index (χ2v) is 2.50. The van der Waals surface area contributed by atoms with Crippen LogP contribution in [0.3, 0.4) is 0 Å². The molecular weight excluding hydrogens is 150 g/mol. The van der Waals surface area contributed by atoms with E-state index in [4.69, 9.17) is 12.2 Å². The van der Waals surface area contributed by atoms with Crippen LogP contribution in [0.25, 0.3) is 0 Å². The molecular formula is C9H11N3. The fourth-order valence-corrected chi connectivity index (χ4v) is 0.902. The molecule has 0 saturated heterocycles. The van der Waals surface area contributed by atoms with E-state index in [1.807, 2.05) is 18.0 Å². The number of anilines is 2. The quantitative estimate of drug-likeness (QED) is 0.650. The average Bonchev–Trinajstić information content (AvgIpc) is 2.05. The minimum absolute atomic E-state index is 0.511. The van der Waals surface area contributed by atoms with Crippen molar-refractivity contribution in [3.05, 3.63) is 18.3 Å². The number of hydrogen-bond acceptors (Lipinski definition) is 3. The van der Waals surface area contributed by atoms with Gasteiger partial charge in [-0.15, -0.1) is 6.42 Å². The molecule has 0 aliphatic carbocycles. The minimum Gasteiger partial charge on any atom is -0.384 e. The van der Waals surface area contributed by atoms with Crippen LogP contribution >= 0.6 is 0 Å². The van der Waals surface area contributed by atoms with Crippen LogP contribution < -0.4 is 10.6 Å². The number of nitrogens with zero attached hydrogens (tertiary/aromatic N) is 2. The van der Waals surface area contributed by atoms with Gasteiger partial charge in [-0.05, 0) is 6.07 Å². The van der Waals surface area contributed by atoms with E-state index in [0.29, 0.717) is 12.4 Å². The van der Waals surface area contributed by atoms with Crippen molar-refractivity contribution in [2.45, 2.75) is 0 Å². The van der Waals surface area contributed by atoms with Gasteiger partial charge in [0.15, 0.2) is 0 Å². The van der Waals surface area contributed by atoms with E-state index in [0.717, 1.165) is 5.69 Å². The number of terminal acetylenes is 1. The predicted molar refractivity (Wildman–Crippen MR) is 50.8 cm³/mol. The smallest absolute Gasteiger partial charge is 0.125 e. The van der Waals surface area contributed by atoms with Crippen molar-refractivity contribution in [1.29, 1.82) is 0 Å². The van der Waals surface area contributed by atoms with Gasteiger partial charge in [0.05, 0.1) is 6.54 Å². The van der Waals surface area contributed by atoms with Crippen molar-refractivity contribution in [1.82, 2.24) is 4.98 Å². The van der Waals surface area contributed by atoms with Crippen LogP contribution in [0.2, 0.25) is 0 Å². The molecule has 1 rings (SSSR count). The largest absolute Gasteiger partial charge is 0.384 e. The zero-order valence-electron chi connectivity index (χ0n) is 6.99. The van der Waals surface area contributed by atoms with Crippen LogP contribution in [0.15, 0.2) is 18.3 Å². The molecule has 0 atom stereocenters. The highest BCUT2D eigenvalue weighted by atomic mass is 15.1. The molecule has 0 aliphatic heterocycles. The molecule has 0 unspecified atom stereocenters. The van der Waals surface area contributed by atoms with Crippen LogP contribution in [-0.2, 0) is 0 Å². The highest BCUT2D eigenvalue weighted by Crippen LogP contribution is 2.12. The van der Waals surface area contributed by atoms with E-state index >= 15 is 0 Å². The minimum atomic E-state index is 0.511. The first kappa shape index (κ1) is 8.41. The maximum absolute atomic E-state index is 5.50. The Kier molecular flexibility index (Phi) is 2.54. The molecule has 0 radical (unpaired) electrons. The summed E-state index contributed by atoms with van der Waals surface area (Å²) in [6.45, 7) is 0.573. The summed E-state index contributed by atoms with van der Waals surface area (Å²) in [5, 5.41) is 0. The molecule has 0 aliphatic rings. The molecule has 3 heteroatoms. The van der Waals surface area contributed by atoms with Crippen molar-refractivity contribution >= 4 is 11.5 Å². The Hall–Kier alpha value is -1.69. The molecule has 0 fully saturated rings. The highest BCUT2D eigenvalue weighted by Gasteiger charge is 1.98. The van der Waals surface area contributed by atoms with E-state index in [9.17, 15) is 0 Å². The fraction of sp³-hybridized carbons (Fsp3) is 0.222. The van der Waals surface area contributed by atoms with Gasteiger partial charge in [-0.1, -0.05) is 5.92 Å². The summed E-state index contributed by atoms with van der Waals surface area (Å²) in [5.74, 6) is 3.06. The third-order valence-electron chi connectivity index (χ3n) is 1.53. The monoisotopic (exact) mass is 161 g/mol. The number of aromatic nitrogens is 1. The molecule has 1 heterocycles. The summed E-state index contributed by atoms with van der Waals surface area (Å²) < 4.78 is 0. The number of rotatable bonds is 2. The van der Waals surface area contributed by atoms with Crippen molar-refractivity contribution in [2.24, 2.45) is 0 Å². The number of hydrogen-bond donors (Lipinski definition) is 1. The Morgan fingerprint density at radius 3 is 3.08 bits per heavy atom. The standard InChI is InChI=1S/C9H11N3/c1-3-6-12(2)8-4-5-11-9(10)7-8/h1,4-5,7H,6H2,2H3,(H2,10,11). The lowest BCUT2D eigenvalue weighted by atomic mass is 10.3. The molecule has 1 aromatic rings. The molecule has 0 spiro atoms. The molecule has 3 nitrogen and oxygen atoms in total. The summed E-state index contributed by atoms with van der Waals surface area (Å²) in [5.41, 5.74) is 6.49. The van der Waals surface area contributed by atoms with Gasteiger partial charge in [0, 0.05) is 25.0 Å². The lowest BCUT2D eigenvalue weighted by molar-refractivity contribution is 1.05. The summed E-state index contributed by atoms with van der Waals surface area (Å²) >= 11 is 0. The fourth-order valence-electron chi connectivity index (χ4n) is 0.902. The first-order valence-electron chi connectivity index (χ1n) is 3.60. The van der Waals surface area contributed by atoms with E-state index in [-0.39, 0.29) is 0 Å². The van der Waals surface area contributed by atoms with Crippen LogP contribution in [0, 0.1) is 12.3 Å². The van der Waals surface area contributed by atoms with Gasteiger partial charge in [-0.2, -0.15) is 0 Å². The third-order valence-corrected chi connectivity index (χ3v) is 1.53. The summed E-state index contributed by atoms with van der Waals surface area (Å²) in [7, 11) is 1.91. The summed E-state index contributed by atoms with van der Waals surface area (Å²) in [6.07, 6.45) is 6.83. The molecule has 12 heavy (non-hydrogen) atoms.